The SMILES string of the molecule is C=CCOc1ccc(C2c3c(-c4cc(C)cc(C)c4O)n[nH]c3C(=O)N2Cc2ccc(C)cc2)cc1OCC. The van der Waals surface area contributed by atoms with Crippen LogP contribution in [0.5, 0.6) is 17.2 Å². The number of carbonyl (C=O) groups is 1. The lowest BCUT2D eigenvalue weighted by atomic mass is 9.93. The van der Waals surface area contributed by atoms with Crippen molar-refractivity contribution in [1.29, 1.82) is 0 Å². The van der Waals surface area contributed by atoms with E-state index in [0.29, 0.717) is 48.2 Å². The summed E-state index contributed by atoms with van der Waals surface area (Å²) in [5, 5.41) is 18.5. The summed E-state index contributed by atoms with van der Waals surface area (Å²) >= 11 is 0. The number of phenolic OH excluding ortho intramolecular Hbond substituents is 1. The van der Waals surface area contributed by atoms with E-state index >= 15 is 0 Å². The maximum Gasteiger partial charge on any atom is 0.273 e. The largest absolute Gasteiger partial charge is 0.507 e. The monoisotopic (exact) mass is 523 g/mol. The number of aromatic amines is 1. The first-order valence-corrected chi connectivity index (χ1v) is 13.1. The number of phenols is 1. The maximum absolute atomic E-state index is 13.9. The van der Waals surface area contributed by atoms with Crippen LogP contribution in [0.1, 0.15) is 56.8 Å². The molecule has 4 aromatic rings. The molecule has 0 bridgehead atoms. The topological polar surface area (TPSA) is 87.7 Å². The fourth-order valence-corrected chi connectivity index (χ4v) is 5.17. The first kappa shape index (κ1) is 26.1. The molecule has 5 rings (SSSR count). The summed E-state index contributed by atoms with van der Waals surface area (Å²) in [5.41, 5.74) is 7.08. The van der Waals surface area contributed by atoms with E-state index < -0.39 is 6.04 Å². The Labute approximate surface area is 228 Å². The molecule has 0 saturated heterocycles. The predicted octanol–water partition coefficient (Wildman–Crippen LogP) is 6.42. The van der Waals surface area contributed by atoms with Crippen molar-refractivity contribution < 1.29 is 19.4 Å². The number of amides is 1. The molecule has 1 unspecified atom stereocenters. The molecule has 0 fully saturated rings. The molecule has 39 heavy (non-hydrogen) atoms. The highest BCUT2D eigenvalue weighted by atomic mass is 16.5. The molecule has 1 amide bonds. The molecule has 3 aromatic carbocycles. The van der Waals surface area contributed by atoms with Crippen LogP contribution in [-0.4, -0.2) is 39.3 Å². The number of aromatic hydroxyl groups is 1. The van der Waals surface area contributed by atoms with Gasteiger partial charge in [0.2, 0.25) is 0 Å². The van der Waals surface area contributed by atoms with Crippen molar-refractivity contribution in [2.24, 2.45) is 0 Å². The highest BCUT2D eigenvalue weighted by Crippen LogP contribution is 2.47. The van der Waals surface area contributed by atoms with Crippen LogP contribution in [0.2, 0.25) is 0 Å². The van der Waals surface area contributed by atoms with Crippen molar-refractivity contribution in [2.75, 3.05) is 13.2 Å². The van der Waals surface area contributed by atoms with Gasteiger partial charge in [-0.25, -0.2) is 0 Å². The average molecular weight is 524 g/mol. The van der Waals surface area contributed by atoms with Gasteiger partial charge >= 0.3 is 0 Å². The zero-order valence-electron chi connectivity index (χ0n) is 22.7. The molecule has 0 spiro atoms. The number of aryl methyl sites for hydroxylation is 3. The van der Waals surface area contributed by atoms with Gasteiger partial charge < -0.3 is 19.5 Å². The summed E-state index contributed by atoms with van der Waals surface area (Å²) in [6.07, 6.45) is 1.68. The molecule has 200 valence electrons. The second-order valence-corrected chi connectivity index (χ2v) is 9.90. The van der Waals surface area contributed by atoms with Crippen molar-refractivity contribution >= 4 is 5.91 Å². The Bertz CT molecular complexity index is 1540. The van der Waals surface area contributed by atoms with Crippen molar-refractivity contribution in [3.63, 3.8) is 0 Å². The van der Waals surface area contributed by atoms with Crippen LogP contribution in [0, 0.1) is 20.8 Å². The van der Waals surface area contributed by atoms with E-state index in [-0.39, 0.29) is 11.7 Å². The molecule has 0 saturated carbocycles. The van der Waals surface area contributed by atoms with Crippen LogP contribution < -0.4 is 9.47 Å². The Morgan fingerprint density at radius 2 is 1.79 bits per heavy atom. The van der Waals surface area contributed by atoms with Gasteiger partial charge in [-0.3, -0.25) is 9.89 Å². The van der Waals surface area contributed by atoms with E-state index in [1.165, 1.54) is 0 Å². The second-order valence-electron chi connectivity index (χ2n) is 9.90. The lowest BCUT2D eigenvalue weighted by Crippen LogP contribution is -2.29. The summed E-state index contributed by atoms with van der Waals surface area (Å²) in [5.74, 6) is 1.20. The van der Waals surface area contributed by atoms with Crippen molar-refractivity contribution in [2.45, 2.75) is 40.3 Å². The van der Waals surface area contributed by atoms with Crippen LogP contribution >= 0.6 is 0 Å². The number of nitrogens with one attached hydrogen (secondary N) is 1. The highest BCUT2D eigenvalue weighted by molar-refractivity contribution is 6.00. The van der Waals surface area contributed by atoms with Crippen molar-refractivity contribution in [1.82, 2.24) is 15.1 Å². The van der Waals surface area contributed by atoms with Crippen LogP contribution in [0.15, 0.2) is 67.3 Å². The molecule has 1 aliphatic rings. The third kappa shape index (κ3) is 4.88. The number of hydrogen-bond acceptors (Lipinski definition) is 5. The Morgan fingerprint density at radius 1 is 1.03 bits per heavy atom. The highest BCUT2D eigenvalue weighted by Gasteiger charge is 2.43. The molecular weight excluding hydrogens is 490 g/mol. The van der Waals surface area contributed by atoms with Crippen molar-refractivity contribution in [3.8, 4) is 28.5 Å². The first-order chi connectivity index (χ1) is 18.8. The Balaban J connectivity index is 1.68. The van der Waals surface area contributed by atoms with E-state index in [4.69, 9.17) is 9.47 Å². The number of carbonyl (C=O) groups excluding carboxylic acids is 1. The summed E-state index contributed by atoms with van der Waals surface area (Å²) in [6.45, 7) is 12.7. The molecular formula is C32H33N3O4. The summed E-state index contributed by atoms with van der Waals surface area (Å²) in [4.78, 5) is 15.7. The number of rotatable bonds is 9. The molecule has 2 heterocycles. The zero-order valence-corrected chi connectivity index (χ0v) is 22.7. The molecule has 0 aliphatic carbocycles. The number of benzene rings is 3. The number of hydrogen-bond donors (Lipinski definition) is 2. The molecule has 2 N–H and O–H groups in total. The fraction of sp³-hybridized carbons (Fsp3) is 0.250. The first-order valence-electron chi connectivity index (χ1n) is 13.1. The lowest BCUT2D eigenvalue weighted by Gasteiger charge is -2.27. The number of fused-ring (bicyclic) bond motifs is 1. The third-order valence-corrected chi connectivity index (χ3v) is 6.98. The summed E-state index contributed by atoms with van der Waals surface area (Å²) < 4.78 is 11.8. The predicted molar refractivity (Wildman–Crippen MR) is 151 cm³/mol. The molecule has 1 aliphatic heterocycles. The number of aromatic nitrogens is 2. The molecule has 1 atom stereocenters. The lowest BCUT2D eigenvalue weighted by molar-refractivity contribution is 0.0729. The van der Waals surface area contributed by atoms with E-state index in [2.05, 4.69) is 16.8 Å². The quantitative estimate of drug-likeness (QED) is 0.247. The van der Waals surface area contributed by atoms with Crippen LogP contribution in [0.25, 0.3) is 11.3 Å². The van der Waals surface area contributed by atoms with Crippen LogP contribution in [0.3, 0.4) is 0 Å². The minimum absolute atomic E-state index is 0.150. The van der Waals surface area contributed by atoms with Gasteiger partial charge in [0.25, 0.3) is 5.91 Å². The Morgan fingerprint density at radius 3 is 2.51 bits per heavy atom. The molecule has 1 aromatic heterocycles. The van der Waals surface area contributed by atoms with E-state index in [9.17, 15) is 9.90 Å². The van der Waals surface area contributed by atoms with E-state index in [1.807, 2.05) is 87.2 Å². The zero-order chi connectivity index (χ0) is 27.7. The Hall–Kier alpha value is -4.52. The fourth-order valence-electron chi connectivity index (χ4n) is 5.17. The van der Waals surface area contributed by atoms with Crippen LogP contribution in [-0.2, 0) is 6.54 Å². The van der Waals surface area contributed by atoms with Gasteiger partial charge in [-0.1, -0.05) is 54.6 Å². The molecule has 7 nitrogen and oxygen atoms in total. The van der Waals surface area contributed by atoms with Gasteiger partial charge in [0.15, 0.2) is 11.5 Å². The summed E-state index contributed by atoms with van der Waals surface area (Å²) in [7, 11) is 0. The smallest absolute Gasteiger partial charge is 0.273 e. The number of ether oxygens (including phenoxy) is 2. The average Bonchev–Trinajstić information content (AvgIpc) is 3.46. The van der Waals surface area contributed by atoms with Gasteiger partial charge in [-0.05, 0) is 68.1 Å². The second kappa shape index (κ2) is 10.7. The van der Waals surface area contributed by atoms with Crippen molar-refractivity contribution in [3.05, 3.63) is 106 Å². The normalized spacial score (nSPS) is 14.4. The van der Waals surface area contributed by atoms with Crippen LogP contribution in [0.4, 0.5) is 0 Å². The van der Waals surface area contributed by atoms with Gasteiger partial charge in [-0.2, -0.15) is 5.10 Å². The van der Waals surface area contributed by atoms with Gasteiger partial charge in [0.1, 0.15) is 23.7 Å². The summed E-state index contributed by atoms with van der Waals surface area (Å²) in [6, 6.07) is 17.3. The molecule has 7 heteroatoms. The standard InChI is InChI=1S/C32H33N3O4/c1-6-14-39-25-13-12-23(17-26(25)38-7-2)30-27-28(24-16-20(4)15-21(5)31(24)36)33-34-29(27)32(37)35(30)18-22-10-8-19(3)9-11-22/h6,8-13,15-17,30,36H,1,7,14,18H2,2-5H3,(H,33,34). The van der Waals surface area contributed by atoms with Gasteiger partial charge in [-0.15, -0.1) is 0 Å². The Kier molecular flexibility index (Phi) is 7.15. The number of H-pyrrole nitrogens is 1. The van der Waals surface area contributed by atoms with E-state index in [0.717, 1.165) is 33.4 Å². The maximum atomic E-state index is 13.9. The minimum Gasteiger partial charge on any atom is -0.507 e. The molecule has 0 radical (unpaired) electrons. The minimum atomic E-state index is -0.463. The van der Waals surface area contributed by atoms with E-state index in [1.54, 1.807) is 6.08 Å². The number of nitrogens with zero attached hydrogens (tertiary/aromatic N) is 2. The third-order valence-electron chi connectivity index (χ3n) is 6.98. The van der Waals surface area contributed by atoms with Gasteiger partial charge in [0.05, 0.1) is 12.6 Å². The van der Waals surface area contributed by atoms with Gasteiger partial charge in [0, 0.05) is 17.7 Å².